The van der Waals surface area contributed by atoms with E-state index in [2.05, 4.69) is 14.0 Å². The lowest BCUT2D eigenvalue weighted by Gasteiger charge is -2.38. The molecule has 0 saturated carbocycles. The topological polar surface area (TPSA) is 27.7 Å². The maximum absolute atomic E-state index is 15.6. The van der Waals surface area contributed by atoms with E-state index in [1.807, 2.05) is 0 Å². The van der Waals surface area contributed by atoms with Crippen LogP contribution in [0.5, 0.6) is 17.2 Å². The second kappa shape index (κ2) is 12.3. The van der Waals surface area contributed by atoms with Crippen molar-refractivity contribution in [2.24, 2.45) is 0 Å². The maximum Gasteiger partial charge on any atom is 0.653 e. The SMILES string of the molecule is FC1=C(F)C(F)C(Oc2c(F)c(F)c(F)c(F)c2F)(B(Oc2c(F)c(F)c(F)c(F)c2F)Oc2c(F)c(F)c(F)c(F)c2F)C(F)=C1F. The molecule has 0 bridgehead atoms. The summed E-state index contributed by atoms with van der Waals surface area (Å²) in [5.74, 6) is -71.0. The van der Waals surface area contributed by atoms with E-state index in [0.29, 0.717) is 0 Å². The predicted octanol–water partition coefficient (Wildman–Crippen LogP) is 8.73. The van der Waals surface area contributed by atoms with Crippen molar-refractivity contribution in [3.8, 4) is 17.2 Å². The molecular formula is C24HBF20O3. The van der Waals surface area contributed by atoms with E-state index in [4.69, 9.17) is 0 Å². The van der Waals surface area contributed by atoms with Crippen LogP contribution >= 0.6 is 0 Å². The molecule has 0 radical (unpaired) electrons. The summed E-state index contributed by atoms with van der Waals surface area (Å²) < 4.78 is 297. The molecule has 2 atom stereocenters. The molecule has 1 aliphatic carbocycles. The van der Waals surface area contributed by atoms with Gasteiger partial charge in [0.25, 0.3) is 5.50 Å². The summed E-state index contributed by atoms with van der Waals surface area (Å²) in [7, 11) is -4.74. The number of ether oxygens (including phenoxy) is 1. The first-order valence-electron chi connectivity index (χ1n) is 11.5. The monoisotopic (exact) mass is 728 g/mol. The normalized spacial score (nSPS) is 18.1. The Hall–Kier alpha value is -4.80. The van der Waals surface area contributed by atoms with Gasteiger partial charge in [-0.1, -0.05) is 0 Å². The molecule has 2 unspecified atom stereocenters. The van der Waals surface area contributed by atoms with Crippen LogP contribution in [0.25, 0.3) is 0 Å². The van der Waals surface area contributed by atoms with E-state index < -0.39 is 147 Å². The summed E-state index contributed by atoms with van der Waals surface area (Å²) in [5, 5.41) is 0. The van der Waals surface area contributed by atoms with E-state index in [9.17, 15) is 79.0 Å². The third-order valence-electron chi connectivity index (χ3n) is 6.12. The van der Waals surface area contributed by atoms with Gasteiger partial charge in [0.1, 0.15) is 0 Å². The molecular weight excluding hydrogens is 727 g/mol. The third kappa shape index (κ3) is 5.11. The largest absolute Gasteiger partial charge is 0.653 e. The smallest absolute Gasteiger partial charge is 0.519 e. The first-order chi connectivity index (χ1) is 22.1. The molecule has 24 heteroatoms. The average molecular weight is 728 g/mol. The summed E-state index contributed by atoms with van der Waals surface area (Å²) in [6.07, 6.45) is -4.89. The van der Waals surface area contributed by atoms with Gasteiger partial charge in [0.05, 0.1) is 0 Å². The number of allylic oxidation sites excluding steroid dienone is 2. The van der Waals surface area contributed by atoms with Crippen molar-refractivity contribution >= 4 is 7.12 Å². The number of hydrogen-bond donors (Lipinski definition) is 0. The Morgan fingerprint density at radius 1 is 0.375 bits per heavy atom. The molecule has 0 fully saturated rings. The average Bonchev–Trinajstić information content (AvgIpc) is 3.07. The van der Waals surface area contributed by atoms with E-state index >= 15 is 8.78 Å². The summed E-state index contributed by atoms with van der Waals surface area (Å²) >= 11 is 0. The van der Waals surface area contributed by atoms with E-state index in [1.165, 1.54) is 0 Å². The van der Waals surface area contributed by atoms with Crippen molar-refractivity contribution < 1.29 is 102 Å². The Bertz CT molecular complexity index is 1790. The first-order valence-corrected chi connectivity index (χ1v) is 11.5. The zero-order valence-corrected chi connectivity index (χ0v) is 21.4. The summed E-state index contributed by atoms with van der Waals surface area (Å²) in [6, 6.07) is 0. The Morgan fingerprint density at radius 2 is 0.646 bits per heavy atom. The van der Waals surface area contributed by atoms with Crippen molar-refractivity contribution in [3.05, 3.63) is 111 Å². The minimum atomic E-state index is -5.58. The molecule has 4 rings (SSSR count). The van der Waals surface area contributed by atoms with Gasteiger partial charge in [0.2, 0.25) is 93.4 Å². The van der Waals surface area contributed by atoms with E-state index in [0.717, 1.165) is 0 Å². The lowest BCUT2D eigenvalue weighted by molar-refractivity contribution is 0.0305. The molecule has 3 nitrogen and oxygen atoms in total. The highest BCUT2D eigenvalue weighted by atomic mass is 19.2. The van der Waals surface area contributed by atoms with Crippen molar-refractivity contribution in [1.82, 2.24) is 0 Å². The molecule has 3 aromatic carbocycles. The van der Waals surface area contributed by atoms with Crippen LogP contribution in [0, 0.1) is 87.3 Å². The van der Waals surface area contributed by atoms with Crippen molar-refractivity contribution in [3.63, 3.8) is 0 Å². The van der Waals surface area contributed by atoms with Gasteiger partial charge < -0.3 is 14.0 Å². The van der Waals surface area contributed by atoms with Gasteiger partial charge in [-0.2, -0.15) is 26.3 Å². The van der Waals surface area contributed by atoms with E-state index in [-0.39, 0.29) is 0 Å². The quantitative estimate of drug-likeness (QED) is 0.106. The van der Waals surface area contributed by atoms with Gasteiger partial charge in [0, 0.05) is 0 Å². The van der Waals surface area contributed by atoms with Crippen LogP contribution in [0.2, 0.25) is 0 Å². The highest BCUT2D eigenvalue weighted by Crippen LogP contribution is 2.49. The molecule has 0 aliphatic heterocycles. The summed E-state index contributed by atoms with van der Waals surface area (Å²) in [6.45, 7) is 0. The standard InChI is InChI=1S/C24HBF20O3/c26-1-4(29)11(36)19(12(37)5(1)30)46-24(22(44)17(42)10(35)18(43)23(24)45)25(47-20-13(38)6(31)2(27)7(32)14(20)39)48-21-15(40)8(33)3(28)9(34)16(21)41/h22H. The molecule has 0 aromatic heterocycles. The lowest BCUT2D eigenvalue weighted by atomic mass is 9.60. The molecule has 0 amide bonds. The third-order valence-corrected chi connectivity index (χ3v) is 6.12. The first kappa shape index (κ1) is 36.0. The van der Waals surface area contributed by atoms with Crippen molar-refractivity contribution in [2.75, 3.05) is 0 Å². The molecule has 0 heterocycles. The van der Waals surface area contributed by atoms with Gasteiger partial charge in [-0.05, 0) is 0 Å². The van der Waals surface area contributed by atoms with Crippen LogP contribution in [-0.4, -0.2) is 18.8 Å². The van der Waals surface area contributed by atoms with Crippen molar-refractivity contribution in [1.29, 1.82) is 0 Å². The van der Waals surface area contributed by atoms with Crippen LogP contribution in [0.3, 0.4) is 0 Å². The molecule has 0 saturated heterocycles. The van der Waals surface area contributed by atoms with Crippen LogP contribution in [0.4, 0.5) is 87.8 Å². The fourth-order valence-electron chi connectivity index (χ4n) is 3.78. The fourth-order valence-corrected chi connectivity index (χ4v) is 3.78. The summed E-state index contributed by atoms with van der Waals surface area (Å²) in [4.78, 5) is 0. The van der Waals surface area contributed by atoms with Crippen LogP contribution in [0.1, 0.15) is 0 Å². The van der Waals surface area contributed by atoms with Crippen LogP contribution < -0.4 is 14.0 Å². The molecule has 48 heavy (non-hydrogen) atoms. The summed E-state index contributed by atoms with van der Waals surface area (Å²) in [5.41, 5.74) is -5.58. The predicted molar refractivity (Wildman–Crippen MR) is 112 cm³/mol. The molecule has 258 valence electrons. The van der Waals surface area contributed by atoms with Crippen molar-refractivity contribution in [2.45, 2.75) is 11.7 Å². The number of benzene rings is 3. The van der Waals surface area contributed by atoms with Crippen LogP contribution in [0.15, 0.2) is 23.3 Å². The minimum Gasteiger partial charge on any atom is -0.519 e. The Balaban J connectivity index is 2.18. The number of hydrogen-bond acceptors (Lipinski definition) is 3. The number of alkyl halides is 1. The van der Waals surface area contributed by atoms with Gasteiger partial charge >= 0.3 is 7.12 Å². The maximum atomic E-state index is 15.6. The molecule has 3 aromatic rings. The highest BCUT2D eigenvalue weighted by Gasteiger charge is 2.69. The Kier molecular flexibility index (Phi) is 9.27. The van der Waals surface area contributed by atoms with Gasteiger partial charge in [0.15, 0.2) is 40.6 Å². The zero-order chi connectivity index (χ0) is 36.5. The van der Waals surface area contributed by atoms with Gasteiger partial charge in [-0.3, -0.25) is 0 Å². The molecule has 1 aliphatic rings. The lowest BCUT2D eigenvalue weighted by Crippen LogP contribution is -2.65. The minimum absolute atomic E-state index is 3.02. The van der Waals surface area contributed by atoms with Crippen LogP contribution in [-0.2, 0) is 0 Å². The second-order valence-electron chi connectivity index (χ2n) is 8.81. The number of rotatable bonds is 7. The second-order valence-corrected chi connectivity index (χ2v) is 8.81. The molecule has 0 spiro atoms. The molecule has 0 N–H and O–H groups in total. The van der Waals surface area contributed by atoms with Gasteiger partial charge in [-0.15, -0.1) is 0 Å². The highest BCUT2D eigenvalue weighted by molar-refractivity contribution is 6.52. The zero-order valence-electron chi connectivity index (χ0n) is 21.4. The van der Waals surface area contributed by atoms with Gasteiger partial charge in [-0.25, -0.2) is 61.5 Å². The van der Waals surface area contributed by atoms with E-state index in [1.54, 1.807) is 0 Å². The fraction of sp³-hybridized carbons (Fsp3) is 0.0833. The Labute approximate surface area is 249 Å². The Morgan fingerprint density at radius 3 is 0.958 bits per heavy atom. The number of halogens is 20.